The van der Waals surface area contributed by atoms with E-state index >= 15 is 0 Å². The van der Waals surface area contributed by atoms with Crippen LogP contribution in [0.4, 0.5) is 11.8 Å². The van der Waals surface area contributed by atoms with Crippen molar-refractivity contribution >= 4 is 33.3 Å². The predicted molar refractivity (Wildman–Crippen MR) is 110 cm³/mol. The zero-order valence-electron chi connectivity index (χ0n) is 15.9. The number of hydrogen-bond donors (Lipinski definition) is 0. The third-order valence-corrected chi connectivity index (χ3v) is 6.81. The highest BCUT2D eigenvalue weighted by Crippen LogP contribution is 2.41. The molecule has 1 aliphatic carbocycles. The van der Waals surface area contributed by atoms with Crippen LogP contribution in [-0.2, 0) is 12.8 Å². The van der Waals surface area contributed by atoms with Crippen molar-refractivity contribution in [3.8, 4) is 0 Å². The summed E-state index contributed by atoms with van der Waals surface area (Å²) in [5.74, 6) is 3.61. The van der Waals surface area contributed by atoms with Crippen LogP contribution < -0.4 is 9.80 Å². The molecule has 0 amide bonds. The first-order valence-corrected chi connectivity index (χ1v) is 10.6. The summed E-state index contributed by atoms with van der Waals surface area (Å²) in [6.45, 7) is 8.07. The second-order valence-corrected chi connectivity index (χ2v) is 8.73. The molecule has 140 valence electrons. The quantitative estimate of drug-likeness (QED) is 0.680. The standard InChI is InChI=1S/C20H24N6S/c1-13-4-5-15-16(12-13)27-19-17(15)18(23-14(2)24-19)25-8-10-26(11-9-25)20-21-6-3-7-22-20/h3,6-7,13H,4-5,8-12H2,1-2H3/t13-/m1/s1. The van der Waals surface area contributed by atoms with Crippen molar-refractivity contribution in [3.05, 3.63) is 34.7 Å². The molecule has 0 radical (unpaired) electrons. The largest absolute Gasteiger partial charge is 0.352 e. The first kappa shape index (κ1) is 16.9. The maximum atomic E-state index is 4.89. The smallest absolute Gasteiger partial charge is 0.225 e. The van der Waals surface area contributed by atoms with Gasteiger partial charge in [0.25, 0.3) is 0 Å². The van der Waals surface area contributed by atoms with Crippen molar-refractivity contribution < 1.29 is 0 Å². The number of rotatable bonds is 2. The number of aryl methyl sites for hydroxylation is 2. The molecule has 0 aromatic carbocycles. The minimum absolute atomic E-state index is 0.775. The van der Waals surface area contributed by atoms with Gasteiger partial charge in [-0.1, -0.05) is 6.92 Å². The normalized spacial score (nSPS) is 20.1. The number of aromatic nitrogens is 4. The van der Waals surface area contributed by atoms with Gasteiger partial charge >= 0.3 is 0 Å². The first-order valence-electron chi connectivity index (χ1n) is 9.75. The molecule has 3 aromatic heterocycles. The number of hydrogen-bond acceptors (Lipinski definition) is 7. The lowest BCUT2D eigenvalue weighted by molar-refractivity contribution is 0.509. The lowest BCUT2D eigenvalue weighted by Gasteiger charge is -2.35. The third-order valence-electron chi connectivity index (χ3n) is 5.66. The van der Waals surface area contributed by atoms with Crippen LogP contribution in [0, 0.1) is 12.8 Å². The molecule has 0 N–H and O–H groups in total. The molecule has 5 rings (SSSR count). The van der Waals surface area contributed by atoms with Gasteiger partial charge in [0.1, 0.15) is 16.5 Å². The van der Waals surface area contributed by atoms with E-state index in [1.54, 1.807) is 0 Å². The second kappa shape index (κ2) is 6.71. The highest BCUT2D eigenvalue weighted by atomic mass is 32.1. The van der Waals surface area contributed by atoms with Crippen molar-refractivity contribution in [2.75, 3.05) is 36.0 Å². The van der Waals surface area contributed by atoms with E-state index in [1.165, 1.54) is 33.5 Å². The van der Waals surface area contributed by atoms with Gasteiger partial charge in [0.05, 0.1) is 5.39 Å². The van der Waals surface area contributed by atoms with E-state index in [4.69, 9.17) is 9.97 Å². The number of piperazine rings is 1. The van der Waals surface area contributed by atoms with Crippen LogP contribution in [0.5, 0.6) is 0 Å². The summed E-state index contributed by atoms with van der Waals surface area (Å²) < 4.78 is 0. The van der Waals surface area contributed by atoms with Crippen LogP contribution >= 0.6 is 11.3 Å². The Morgan fingerprint density at radius 3 is 2.56 bits per heavy atom. The summed E-state index contributed by atoms with van der Waals surface area (Å²) in [6.07, 6.45) is 7.24. The van der Waals surface area contributed by atoms with Crippen LogP contribution in [0.3, 0.4) is 0 Å². The maximum Gasteiger partial charge on any atom is 0.225 e. The molecule has 1 atom stereocenters. The Labute approximate surface area is 163 Å². The molecule has 27 heavy (non-hydrogen) atoms. The molecule has 6 nitrogen and oxygen atoms in total. The van der Waals surface area contributed by atoms with Gasteiger partial charge in [0.2, 0.25) is 5.95 Å². The van der Waals surface area contributed by atoms with Gasteiger partial charge in [-0.15, -0.1) is 11.3 Å². The van der Waals surface area contributed by atoms with Crippen LogP contribution in [0.1, 0.15) is 29.6 Å². The molecule has 1 aliphatic heterocycles. The SMILES string of the molecule is Cc1nc(N2CCN(c3ncccn3)CC2)c2c3c(sc2n1)C[C@H](C)CC3. The molecule has 0 bridgehead atoms. The summed E-state index contributed by atoms with van der Waals surface area (Å²) >= 11 is 1.89. The third kappa shape index (κ3) is 3.04. The predicted octanol–water partition coefficient (Wildman–Crippen LogP) is 3.24. The van der Waals surface area contributed by atoms with E-state index in [2.05, 4.69) is 26.7 Å². The Balaban J connectivity index is 1.47. The molecule has 7 heteroatoms. The second-order valence-electron chi connectivity index (χ2n) is 7.65. The minimum atomic E-state index is 0.775. The molecule has 2 aliphatic rings. The highest BCUT2D eigenvalue weighted by molar-refractivity contribution is 7.19. The molecule has 4 heterocycles. The van der Waals surface area contributed by atoms with E-state index in [0.29, 0.717) is 0 Å². The molecular weight excluding hydrogens is 356 g/mol. The van der Waals surface area contributed by atoms with Crippen molar-refractivity contribution in [2.45, 2.75) is 33.1 Å². The number of fused-ring (bicyclic) bond motifs is 3. The molecule has 1 saturated heterocycles. The van der Waals surface area contributed by atoms with Crippen molar-refractivity contribution in [3.63, 3.8) is 0 Å². The minimum Gasteiger partial charge on any atom is -0.352 e. The molecule has 3 aromatic rings. The fourth-order valence-electron chi connectivity index (χ4n) is 4.23. The Morgan fingerprint density at radius 2 is 1.78 bits per heavy atom. The van der Waals surface area contributed by atoms with E-state index in [1.807, 2.05) is 36.7 Å². The fourth-order valence-corrected chi connectivity index (χ4v) is 5.65. The van der Waals surface area contributed by atoms with Gasteiger partial charge in [0, 0.05) is 43.4 Å². The summed E-state index contributed by atoms with van der Waals surface area (Å²) in [5, 5.41) is 1.32. The Hall–Kier alpha value is -2.28. The van der Waals surface area contributed by atoms with Gasteiger partial charge in [-0.3, -0.25) is 0 Å². The van der Waals surface area contributed by atoms with Crippen LogP contribution in [-0.4, -0.2) is 46.1 Å². The molecule has 0 unspecified atom stereocenters. The highest BCUT2D eigenvalue weighted by Gasteiger charge is 2.27. The Morgan fingerprint density at radius 1 is 1.04 bits per heavy atom. The monoisotopic (exact) mass is 380 g/mol. The van der Waals surface area contributed by atoms with Gasteiger partial charge < -0.3 is 9.80 Å². The molecule has 1 fully saturated rings. The summed E-state index contributed by atoms with van der Waals surface area (Å²) in [6, 6.07) is 1.86. The Bertz CT molecular complexity index is 962. The molecular formula is C20H24N6S. The number of nitrogens with zero attached hydrogens (tertiary/aromatic N) is 6. The number of thiophene rings is 1. The van der Waals surface area contributed by atoms with Crippen LogP contribution in [0.25, 0.3) is 10.2 Å². The van der Waals surface area contributed by atoms with E-state index < -0.39 is 0 Å². The summed E-state index contributed by atoms with van der Waals surface area (Å²) in [7, 11) is 0. The maximum absolute atomic E-state index is 4.89. The number of anilines is 2. The van der Waals surface area contributed by atoms with Crippen LogP contribution in [0.2, 0.25) is 0 Å². The fraction of sp³-hybridized carbons (Fsp3) is 0.500. The zero-order chi connectivity index (χ0) is 18.4. The zero-order valence-corrected chi connectivity index (χ0v) is 16.7. The van der Waals surface area contributed by atoms with Gasteiger partial charge in [-0.25, -0.2) is 19.9 Å². The van der Waals surface area contributed by atoms with Gasteiger partial charge in [-0.2, -0.15) is 0 Å². The lowest BCUT2D eigenvalue weighted by Crippen LogP contribution is -2.47. The molecule has 0 spiro atoms. The van der Waals surface area contributed by atoms with Crippen molar-refractivity contribution in [2.24, 2.45) is 5.92 Å². The average Bonchev–Trinajstić information content (AvgIpc) is 3.05. The van der Waals surface area contributed by atoms with Crippen LogP contribution in [0.15, 0.2) is 18.5 Å². The van der Waals surface area contributed by atoms with Crippen molar-refractivity contribution in [1.82, 2.24) is 19.9 Å². The summed E-state index contributed by atoms with van der Waals surface area (Å²) in [5.41, 5.74) is 1.51. The van der Waals surface area contributed by atoms with Gasteiger partial charge in [-0.05, 0) is 43.7 Å². The van der Waals surface area contributed by atoms with Crippen molar-refractivity contribution in [1.29, 1.82) is 0 Å². The van der Waals surface area contributed by atoms with E-state index in [-0.39, 0.29) is 0 Å². The topological polar surface area (TPSA) is 58.0 Å². The molecule has 0 saturated carbocycles. The van der Waals surface area contributed by atoms with E-state index in [0.717, 1.165) is 56.1 Å². The Kier molecular flexibility index (Phi) is 4.19. The first-order chi connectivity index (χ1) is 13.2. The van der Waals surface area contributed by atoms with E-state index in [9.17, 15) is 0 Å². The van der Waals surface area contributed by atoms with Gasteiger partial charge in [0.15, 0.2) is 0 Å². The summed E-state index contributed by atoms with van der Waals surface area (Å²) in [4.78, 5) is 25.8. The average molecular weight is 381 g/mol. The lowest BCUT2D eigenvalue weighted by atomic mass is 9.89.